The number of carbonyl (C=O) groups is 2. The van der Waals surface area contributed by atoms with E-state index in [-0.39, 0.29) is 24.4 Å². The first-order valence-electron chi connectivity index (χ1n) is 5.72. The van der Waals surface area contributed by atoms with Crippen LogP contribution in [0.4, 0.5) is 0 Å². The summed E-state index contributed by atoms with van der Waals surface area (Å²) in [6, 6.07) is 1.65. The molecule has 2 heterocycles. The maximum Gasteiger partial charge on any atom is 0.242 e. The molecule has 1 N–H and O–H groups in total. The third-order valence-corrected chi connectivity index (χ3v) is 3.31. The second kappa shape index (κ2) is 5.35. The van der Waals surface area contributed by atoms with Gasteiger partial charge in [-0.15, -0.1) is 0 Å². The van der Waals surface area contributed by atoms with Crippen LogP contribution in [0.1, 0.15) is 18.9 Å². The van der Waals surface area contributed by atoms with Crippen molar-refractivity contribution in [2.45, 2.75) is 25.9 Å². The number of nitrogens with zero attached hydrogens (tertiary/aromatic N) is 2. The maximum absolute atomic E-state index is 11.9. The lowest BCUT2D eigenvalue weighted by Crippen LogP contribution is -2.39. The summed E-state index contributed by atoms with van der Waals surface area (Å²) in [5.41, 5.74) is 0.834. The van der Waals surface area contributed by atoms with Gasteiger partial charge in [-0.1, -0.05) is 11.6 Å². The molecule has 1 atom stereocenters. The van der Waals surface area contributed by atoms with E-state index in [1.165, 1.54) is 0 Å². The lowest BCUT2D eigenvalue weighted by molar-refractivity contribution is -0.132. The van der Waals surface area contributed by atoms with Gasteiger partial charge >= 0.3 is 0 Å². The number of carbonyl (C=O) groups excluding carboxylic acids is 2. The quantitative estimate of drug-likeness (QED) is 0.869. The van der Waals surface area contributed by atoms with Crippen LogP contribution in [-0.2, 0) is 16.1 Å². The number of hydrogen-bond acceptors (Lipinski definition) is 3. The molecule has 1 aromatic rings. The summed E-state index contributed by atoms with van der Waals surface area (Å²) >= 11 is 6.03. The van der Waals surface area contributed by atoms with Crippen molar-refractivity contribution < 1.29 is 9.59 Å². The summed E-state index contributed by atoms with van der Waals surface area (Å²) < 4.78 is 0. The first-order valence-corrected chi connectivity index (χ1v) is 6.10. The second-order valence-electron chi connectivity index (χ2n) is 4.32. The van der Waals surface area contributed by atoms with E-state index in [2.05, 4.69) is 10.3 Å². The minimum absolute atomic E-state index is 0.0475. The van der Waals surface area contributed by atoms with Crippen LogP contribution in [0.2, 0.25) is 5.02 Å². The van der Waals surface area contributed by atoms with Crippen molar-refractivity contribution in [1.29, 1.82) is 0 Å². The maximum atomic E-state index is 11.9. The summed E-state index contributed by atoms with van der Waals surface area (Å²) in [6.45, 7) is 2.31. The smallest absolute Gasteiger partial charge is 0.242 e. The SMILES string of the molecule is CC1CC(=O)NCC(=O)N1Cc1ccncc1Cl. The Bertz CT molecular complexity index is 478. The highest BCUT2D eigenvalue weighted by molar-refractivity contribution is 6.31. The van der Waals surface area contributed by atoms with Gasteiger partial charge in [-0.25, -0.2) is 0 Å². The standard InChI is InChI=1S/C12H14ClN3O2/c1-8-4-11(17)15-6-12(18)16(8)7-9-2-3-14-5-10(9)13/h2-3,5,8H,4,6-7H2,1H3,(H,15,17). The highest BCUT2D eigenvalue weighted by Crippen LogP contribution is 2.19. The highest BCUT2D eigenvalue weighted by Gasteiger charge is 2.26. The summed E-state index contributed by atoms with van der Waals surface area (Å²) in [5, 5.41) is 3.11. The molecule has 0 aromatic carbocycles. The van der Waals surface area contributed by atoms with Gasteiger partial charge in [0.1, 0.15) is 0 Å². The third-order valence-electron chi connectivity index (χ3n) is 2.97. The fraction of sp³-hybridized carbons (Fsp3) is 0.417. The first kappa shape index (κ1) is 12.8. The lowest BCUT2D eigenvalue weighted by Gasteiger charge is -2.26. The van der Waals surface area contributed by atoms with Gasteiger partial charge in [0.25, 0.3) is 0 Å². The lowest BCUT2D eigenvalue weighted by atomic mass is 10.1. The largest absolute Gasteiger partial charge is 0.347 e. The van der Waals surface area contributed by atoms with E-state index in [1.54, 1.807) is 23.4 Å². The Labute approximate surface area is 110 Å². The highest BCUT2D eigenvalue weighted by atomic mass is 35.5. The predicted molar refractivity (Wildman–Crippen MR) is 66.9 cm³/mol. The van der Waals surface area contributed by atoms with Crippen molar-refractivity contribution in [3.8, 4) is 0 Å². The van der Waals surface area contributed by atoms with Crippen LogP contribution in [0.15, 0.2) is 18.5 Å². The molecule has 1 aromatic heterocycles. The molecule has 0 saturated carbocycles. The van der Waals surface area contributed by atoms with E-state index in [9.17, 15) is 9.59 Å². The number of nitrogens with one attached hydrogen (secondary N) is 1. The zero-order chi connectivity index (χ0) is 13.1. The molecule has 1 unspecified atom stereocenters. The van der Waals surface area contributed by atoms with E-state index in [4.69, 9.17) is 11.6 Å². The normalized spacial score (nSPS) is 20.6. The fourth-order valence-corrected chi connectivity index (χ4v) is 2.11. The molecule has 0 radical (unpaired) electrons. The zero-order valence-corrected chi connectivity index (χ0v) is 10.8. The Balaban J connectivity index is 2.18. The molecule has 1 saturated heterocycles. The van der Waals surface area contributed by atoms with Crippen LogP contribution in [0.5, 0.6) is 0 Å². The van der Waals surface area contributed by atoms with Gasteiger partial charge in [-0.3, -0.25) is 14.6 Å². The van der Waals surface area contributed by atoms with Crippen molar-refractivity contribution in [2.24, 2.45) is 0 Å². The molecule has 1 aliphatic heterocycles. The average molecular weight is 268 g/mol. The molecule has 0 bridgehead atoms. The van der Waals surface area contributed by atoms with Crippen LogP contribution in [0.25, 0.3) is 0 Å². The van der Waals surface area contributed by atoms with Crippen molar-refractivity contribution in [1.82, 2.24) is 15.2 Å². The van der Waals surface area contributed by atoms with Crippen molar-refractivity contribution >= 4 is 23.4 Å². The van der Waals surface area contributed by atoms with Gasteiger partial charge in [0.2, 0.25) is 11.8 Å². The van der Waals surface area contributed by atoms with Gasteiger partial charge in [0, 0.05) is 31.4 Å². The van der Waals surface area contributed by atoms with Gasteiger partial charge in [0.05, 0.1) is 11.6 Å². The van der Waals surface area contributed by atoms with E-state index in [0.717, 1.165) is 5.56 Å². The van der Waals surface area contributed by atoms with Gasteiger partial charge in [-0.2, -0.15) is 0 Å². The van der Waals surface area contributed by atoms with Crippen molar-refractivity contribution in [3.63, 3.8) is 0 Å². The third kappa shape index (κ3) is 2.79. The molecule has 2 rings (SSSR count). The Morgan fingerprint density at radius 2 is 2.33 bits per heavy atom. The number of rotatable bonds is 2. The topological polar surface area (TPSA) is 62.3 Å². The van der Waals surface area contributed by atoms with E-state index >= 15 is 0 Å². The Morgan fingerprint density at radius 3 is 3.06 bits per heavy atom. The molecule has 0 aliphatic carbocycles. The summed E-state index contributed by atoms with van der Waals surface area (Å²) in [4.78, 5) is 28.9. The minimum atomic E-state index is -0.135. The van der Waals surface area contributed by atoms with Crippen LogP contribution >= 0.6 is 11.6 Å². The van der Waals surface area contributed by atoms with Gasteiger partial charge in [0.15, 0.2) is 0 Å². The minimum Gasteiger partial charge on any atom is -0.347 e. The number of pyridine rings is 1. The summed E-state index contributed by atoms with van der Waals surface area (Å²) in [7, 11) is 0. The Kier molecular flexibility index (Phi) is 3.81. The van der Waals surface area contributed by atoms with Gasteiger partial charge < -0.3 is 10.2 Å². The van der Waals surface area contributed by atoms with Crippen LogP contribution in [-0.4, -0.2) is 34.3 Å². The number of hydrogen-bond donors (Lipinski definition) is 1. The Morgan fingerprint density at radius 1 is 1.56 bits per heavy atom. The predicted octanol–water partition coefficient (Wildman–Crippen LogP) is 0.972. The zero-order valence-electron chi connectivity index (χ0n) is 10.0. The molecular weight excluding hydrogens is 254 g/mol. The van der Waals surface area contributed by atoms with E-state index in [1.807, 2.05) is 6.92 Å². The van der Waals surface area contributed by atoms with E-state index in [0.29, 0.717) is 18.0 Å². The van der Waals surface area contributed by atoms with Crippen molar-refractivity contribution in [3.05, 3.63) is 29.0 Å². The molecule has 6 heteroatoms. The monoisotopic (exact) mass is 267 g/mol. The summed E-state index contributed by atoms with van der Waals surface area (Å²) in [6.07, 6.45) is 3.50. The molecular formula is C12H14ClN3O2. The van der Waals surface area contributed by atoms with Crippen LogP contribution < -0.4 is 5.32 Å². The first-order chi connectivity index (χ1) is 8.58. The molecule has 18 heavy (non-hydrogen) atoms. The molecule has 0 spiro atoms. The molecule has 96 valence electrons. The van der Waals surface area contributed by atoms with Gasteiger partial charge in [-0.05, 0) is 18.6 Å². The molecule has 1 aliphatic rings. The fourth-order valence-electron chi connectivity index (χ4n) is 1.93. The number of amides is 2. The average Bonchev–Trinajstić information content (AvgIpc) is 2.45. The van der Waals surface area contributed by atoms with E-state index < -0.39 is 0 Å². The van der Waals surface area contributed by atoms with Crippen LogP contribution in [0.3, 0.4) is 0 Å². The second-order valence-corrected chi connectivity index (χ2v) is 4.73. The summed E-state index contributed by atoms with van der Waals surface area (Å²) in [5.74, 6) is -0.194. The van der Waals surface area contributed by atoms with Crippen LogP contribution in [0, 0.1) is 0 Å². The molecule has 1 fully saturated rings. The number of halogens is 1. The number of aromatic nitrogens is 1. The molecule has 5 nitrogen and oxygen atoms in total. The Hall–Kier alpha value is -1.62. The molecule has 2 amide bonds. The van der Waals surface area contributed by atoms with Crippen molar-refractivity contribution in [2.75, 3.05) is 6.54 Å².